The van der Waals surface area contributed by atoms with Gasteiger partial charge in [0.2, 0.25) is 0 Å². The summed E-state index contributed by atoms with van der Waals surface area (Å²) < 4.78 is 10.6. The summed E-state index contributed by atoms with van der Waals surface area (Å²) in [6.07, 6.45) is 6.51. The normalized spacial score (nSPS) is 24.7. The lowest BCUT2D eigenvalue weighted by Crippen LogP contribution is -2.34. The van der Waals surface area contributed by atoms with Crippen LogP contribution in [-0.2, 0) is 11.3 Å². The van der Waals surface area contributed by atoms with Gasteiger partial charge in [0.1, 0.15) is 12.4 Å². The van der Waals surface area contributed by atoms with E-state index in [4.69, 9.17) is 9.15 Å². The molecule has 1 atom stereocenters. The van der Waals surface area contributed by atoms with Crippen molar-refractivity contribution < 1.29 is 14.3 Å². The Labute approximate surface area is 121 Å². The second kappa shape index (κ2) is 8.45. The maximum atomic E-state index is 9.83. The first-order valence-corrected chi connectivity index (χ1v) is 7.73. The molecule has 20 heavy (non-hydrogen) atoms. The molecule has 0 amide bonds. The first-order chi connectivity index (χ1) is 9.74. The van der Waals surface area contributed by atoms with Crippen LogP contribution in [0.3, 0.4) is 0 Å². The zero-order valence-corrected chi connectivity index (χ0v) is 12.4. The fourth-order valence-electron chi connectivity index (χ4n) is 2.74. The van der Waals surface area contributed by atoms with E-state index in [1.54, 1.807) is 6.26 Å². The molecule has 1 saturated carbocycles. The third kappa shape index (κ3) is 5.65. The monoisotopic (exact) mass is 281 g/mol. The van der Waals surface area contributed by atoms with Gasteiger partial charge in [0.05, 0.1) is 19.0 Å². The molecule has 2 rings (SSSR count). The smallest absolute Gasteiger partial charge is 0.129 e. The van der Waals surface area contributed by atoms with Gasteiger partial charge in [-0.1, -0.05) is 19.8 Å². The van der Waals surface area contributed by atoms with Gasteiger partial charge in [-0.15, -0.1) is 0 Å². The molecule has 1 unspecified atom stereocenters. The van der Waals surface area contributed by atoms with E-state index < -0.39 is 6.10 Å². The summed E-state index contributed by atoms with van der Waals surface area (Å²) in [6, 6.07) is 3.70. The molecular weight excluding hydrogens is 254 g/mol. The average molecular weight is 281 g/mol. The van der Waals surface area contributed by atoms with Crippen molar-refractivity contribution in [1.82, 2.24) is 5.32 Å². The first kappa shape index (κ1) is 15.5. The Hall–Kier alpha value is -0.840. The summed E-state index contributed by atoms with van der Waals surface area (Å²) in [6.45, 7) is 4.72. The minimum absolute atomic E-state index is 0.343. The van der Waals surface area contributed by atoms with Crippen LogP contribution in [-0.4, -0.2) is 30.9 Å². The minimum Gasteiger partial charge on any atom is -0.467 e. The molecule has 1 fully saturated rings. The Kier molecular flexibility index (Phi) is 6.57. The van der Waals surface area contributed by atoms with Crippen LogP contribution in [0.25, 0.3) is 0 Å². The van der Waals surface area contributed by atoms with E-state index in [1.165, 1.54) is 25.7 Å². The van der Waals surface area contributed by atoms with Crippen LogP contribution < -0.4 is 5.32 Å². The highest BCUT2D eigenvalue weighted by atomic mass is 16.5. The molecule has 0 saturated heterocycles. The largest absolute Gasteiger partial charge is 0.467 e. The van der Waals surface area contributed by atoms with Crippen LogP contribution in [0.1, 0.15) is 38.4 Å². The molecule has 1 aromatic heterocycles. The molecule has 1 heterocycles. The number of aliphatic hydroxyl groups is 1. The van der Waals surface area contributed by atoms with Gasteiger partial charge in [0.25, 0.3) is 0 Å². The van der Waals surface area contributed by atoms with E-state index in [0.717, 1.165) is 24.1 Å². The van der Waals surface area contributed by atoms with E-state index in [2.05, 4.69) is 12.2 Å². The predicted octanol–water partition coefficient (Wildman–Crippen LogP) is 2.57. The molecule has 1 aliphatic rings. The van der Waals surface area contributed by atoms with Crippen molar-refractivity contribution in [2.45, 2.75) is 45.3 Å². The molecule has 0 radical (unpaired) electrons. The van der Waals surface area contributed by atoms with Gasteiger partial charge in [-0.05, 0) is 43.4 Å². The van der Waals surface area contributed by atoms with Gasteiger partial charge in [-0.2, -0.15) is 0 Å². The first-order valence-electron chi connectivity index (χ1n) is 7.73. The molecular formula is C16H27NO3. The summed E-state index contributed by atoms with van der Waals surface area (Å²) in [4.78, 5) is 0. The number of aliphatic hydroxyl groups excluding tert-OH is 1. The third-order valence-electron chi connectivity index (χ3n) is 4.08. The predicted molar refractivity (Wildman–Crippen MR) is 78.4 cm³/mol. The van der Waals surface area contributed by atoms with Crippen LogP contribution in [0, 0.1) is 11.8 Å². The fourth-order valence-corrected chi connectivity index (χ4v) is 2.74. The third-order valence-corrected chi connectivity index (χ3v) is 4.08. The van der Waals surface area contributed by atoms with Crippen molar-refractivity contribution in [2.24, 2.45) is 11.8 Å². The number of nitrogens with one attached hydrogen (secondary N) is 1. The summed E-state index contributed by atoms with van der Waals surface area (Å²) in [5.41, 5.74) is 0. The average Bonchev–Trinajstić information content (AvgIpc) is 2.94. The Morgan fingerprint density at radius 2 is 2.20 bits per heavy atom. The minimum atomic E-state index is -0.451. The van der Waals surface area contributed by atoms with E-state index in [9.17, 15) is 5.11 Å². The van der Waals surface area contributed by atoms with Crippen molar-refractivity contribution in [3.05, 3.63) is 24.2 Å². The molecule has 1 aromatic rings. The molecule has 0 aromatic carbocycles. The van der Waals surface area contributed by atoms with Crippen molar-refractivity contribution >= 4 is 0 Å². The summed E-state index contributed by atoms with van der Waals surface area (Å²) in [5, 5.41) is 13.2. The lowest BCUT2D eigenvalue weighted by atomic mass is 9.83. The Balaban J connectivity index is 1.48. The van der Waals surface area contributed by atoms with Gasteiger partial charge < -0.3 is 19.6 Å². The SMILES string of the molecule is CC1CCC(CNCC(O)COCc2ccco2)CC1. The molecule has 4 heteroatoms. The Morgan fingerprint density at radius 3 is 2.90 bits per heavy atom. The molecule has 114 valence electrons. The van der Waals surface area contributed by atoms with Crippen LogP contribution in [0.2, 0.25) is 0 Å². The zero-order chi connectivity index (χ0) is 14.2. The maximum Gasteiger partial charge on any atom is 0.129 e. The summed E-state index contributed by atoms with van der Waals surface area (Å²) >= 11 is 0. The topological polar surface area (TPSA) is 54.6 Å². The van der Waals surface area contributed by atoms with Gasteiger partial charge in [-0.25, -0.2) is 0 Å². The lowest BCUT2D eigenvalue weighted by Gasteiger charge is -2.26. The molecule has 4 nitrogen and oxygen atoms in total. The fraction of sp³-hybridized carbons (Fsp3) is 0.750. The zero-order valence-electron chi connectivity index (χ0n) is 12.4. The van der Waals surface area contributed by atoms with E-state index in [0.29, 0.717) is 19.8 Å². The lowest BCUT2D eigenvalue weighted by molar-refractivity contribution is 0.0221. The Bertz CT molecular complexity index is 345. The van der Waals surface area contributed by atoms with Gasteiger partial charge >= 0.3 is 0 Å². The van der Waals surface area contributed by atoms with Crippen LogP contribution in [0.15, 0.2) is 22.8 Å². The maximum absolute atomic E-state index is 9.83. The van der Waals surface area contributed by atoms with E-state index in [1.807, 2.05) is 12.1 Å². The number of hydrogen-bond donors (Lipinski definition) is 2. The standard InChI is InChI=1S/C16H27NO3/c1-13-4-6-14(7-5-13)9-17-10-15(18)11-19-12-16-3-2-8-20-16/h2-3,8,13-15,17-18H,4-7,9-12H2,1H3. The summed E-state index contributed by atoms with van der Waals surface area (Å²) in [7, 11) is 0. The molecule has 0 aliphatic heterocycles. The highest BCUT2D eigenvalue weighted by Gasteiger charge is 2.17. The molecule has 0 spiro atoms. The van der Waals surface area contributed by atoms with Crippen molar-refractivity contribution in [3.8, 4) is 0 Å². The number of hydrogen-bond acceptors (Lipinski definition) is 4. The second-order valence-electron chi connectivity index (χ2n) is 6.03. The van der Waals surface area contributed by atoms with E-state index >= 15 is 0 Å². The number of rotatable bonds is 8. The molecule has 1 aliphatic carbocycles. The quantitative estimate of drug-likeness (QED) is 0.769. The molecule has 2 N–H and O–H groups in total. The van der Waals surface area contributed by atoms with Crippen molar-refractivity contribution in [1.29, 1.82) is 0 Å². The number of furan rings is 1. The summed E-state index contributed by atoms with van der Waals surface area (Å²) in [5.74, 6) is 2.47. The number of ether oxygens (including phenoxy) is 1. The second-order valence-corrected chi connectivity index (χ2v) is 6.03. The van der Waals surface area contributed by atoms with Gasteiger partial charge in [-0.3, -0.25) is 0 Å². The van der Waals surface area contributed by atoms with E-state index in [-0.39, 0.29) is 0 Å². The molecule has 0 bridgehead atoms. The van der Waals surface area contributed by atoms with Crippen LogP contribution in [0.5, 0.6) is 0 Å². The highest BCUT2D eigenvalue weighted by Crippen LogP contribution is 2.27. The van der Waals surface area contributed by atoms with Crippen molar-refractivity contribution in [3.63, 3.8) is 0 Å². The van der Waals surface area contributed by atoms with Gasteiger partial charge in [0, 0.05) is 6.54 Å². The van der Waals surface area contributed by atoms with Crippen LogP contribution in [0.4, 0.5) is 0 Å². The highest BCUT2D eigenvalue weighted by molar-refractivity contribution is 4.96. The Morgan fingerprint density at radius 1 is 1.40 bits per heavy atom. The van der Waals surface area contributed by atoms with Crippen LogP contribution >= 0.6 is 0 Å². The van der Waals surface area contributed by atoms with Crippen molar-refractivity contribution in [2.75, 3.05) is 19.7 Å². The van der Waals surface area contributed by atoms with Gasteiger partial charge in [0.15, 0.2) is 0 Å².